The van der Waals surface area contributed by atoms with Gasteiger partial charge >= 0.3 is 18.0 Å². The van der Waals surface area contributed by atoms with Crippen LogP contribution >= 0.6 is 0 Å². The van der Waals surface area contributed by atoms with Crippen LogP contribution in [0.3, 0.4) is 0 Å². The van der Waals surface area contributed by atoms with E-state index in [-0.39, 0.29) is 35.1 Å². The molecule has 2 aromatic rings. The fourth-order valence-corrected chi connectivity index (χ4v) is 2.38. The van der Waals surface area contributed by atoms with E-state index in [1.54, 1.807) is 0 Å². The van der Waals surface area contributed by atoms with Gasteiger partial charge in [0.05, 0.1) is 0 Å². The number of hydrogen-bond donors (Lipinski definition) is 8. The lowest BCUT2D eigenvalue weighted by atomic mass is 10.1. The van der Waals surface area contributed by atoms with Gasteiger partial charge in [-0.1, -0.05) is 0 Å². The molecule has 0 bridgehead atoms. The predicted octanol–water partition coefficient (Wildman–Crippen LogP) is -0.374. The quantitative estimate of drug-likeness (QED) is 0.268. The summed E-state index contributed by atoms with van der Waals surface area (Å²) in [5.74, 6) is -3.78. The zero-order valence-electron chi connectivity index (χ0n) is 15.8. The van der Waals surface area contributed by atoms with Crippen molar-refractivity contribution >= 4 is 47.0 Å². The Morgan fingerprint density at radius 2 is 1.71 bits per heavy atom. The smallest absolute Gasteiger partial charge is 0.326 e. The maximum absolute atomic E-state index is 12.2. The molecule has 0 aliphatic heterocycles. The molecular weight excluding hydrogens is 414 g/mol. The lowest BCUT2D eigenvalue weighted by Crippen LogP contribution is -2.41. The van der Waals surface area contributed by atoms with Gasteiger partial charge in [0.2, 0.25) is 5.95 Å². The van der Waals surface area contributed by atoms with Gasteiger partial charge in [-0.3, -0.25) is 24.7 Å². The maximum Gasteiger partial charge on any atom is 0.326 e. The van der Waals surface area contributed by atoms with Gasteiger partial charge in [0.15, 0.2) is 11.5 Å². The van der Waals surface area contributed by atoms with Gasteiger partial charge in [-0.05, 0) is 30.7 Å². The first-order valence-corrected chi connectivity index (χ1v) is 8.65. The number of carboxylic acids is 2. The molecular formula is C17H19N7O7. The molecule has 0 saturated heterocycles. The molecule has 1 heterocycles. The van der Waals surface area contributed by atoms with Crippen molar-refractivity contribution < 1.29 is 29.4 Å². The van der Waals surface area contributed by atoms with Gasteiger partial charge in [0.25, 0.3) is 11.5 Å². The summed E-state index contributed by atoms with van der Waals surface area (Å²) in [4.78, 5) is 63.6. The Bertz CT molecular complexity index is 1070. The van der Waals surface area contributed by atoms with Crippen LogP contribution in [0.1, 0.15) is 23.2 Å². The van der Waals surface area contributed by atoms with Gasteiger partial charge in [0, 0.05) is 17.7 Å². The topological polar surface area (TPSA) is 243 Å². The molecule has 0 aliphatic carbocycles. The van der Waals surface area contributed by atoms with Crippen molar-refractivity contribution in [3.8, 4) is 0 Å². The lowest BCUT2D eigenvalue weighted by molar-refractivity contribution is -0.140. The third-order valence-corrected chi connectivity index (χ3v) is 3.86. The normalized spacial score (nSPS) is 11.2. The van der Waals surface area contributed by atoms with E-state index < -0.39 is 41.9 Å². The van der Waals surface area contributed by atoms with Gasteiger partial charge < -0.3 is 32.3 Å². The van der Waals surface area contributed by atoms with Crippen molar-refractivity contribution in [3.05, 3.63) is 40.2 Å². The predicted molar refractivity (Wildman–Crippen MR) is 109 cm³/mol. The van der Waals surface area contributed by atoms with Crippen molar-refractivity contribution in [2.75, 3.05) is 22.1 Å². The third-order valence-electron chi connectivity index (χ3n) is 3.86. The zero-order valence-corrected chi connectivity index (χ0v) is 15.8. The van der Waals surface area contributed by atoms with Crippen LogP contribution in [0.15, 0.2) is 29.1 Å². The summed E-state index contributed by atoms with van der Waals surface area (Å²) in [6.45, 7) is 0. The molecule has 164 valence electrons. The van der Waals surface area contributed by atoms with Crippen molar-refractivity contribution in [2.24, 2.45) is 0 Å². The summed E-state index contributed by atoms with van der Waals surface area (Å²) in [7, 11) is 0. The summed E-state index contributed by atoms with van der Waals surface area (Å²) >= 11 is 0. The SMILES string of the molecule is Nc1nc(N)c(NC(=O)Nc2ccc(C(=O)N[C@@H](CCC(=O)O)C(=O)O)cc2)c(=O)[nH]1. The number of aliphatic carboxylic acids is 2. The first-order chi connectivity index (χ1) is 14.6. The largest absolute Gasteiger partial charge is 0.481 e. The Kier molecular flexibility index (Phi) is 7.11. The molecule has 0 aliphatic rings. The van der Waals surface area contributed by atoms with Crippen LogP contribution in [0.25, 0.3) is 0 Å². The van der Waals surface area contributed by atoms with Gasteiger partial charge in [-0.25, -0.2) is 9.59 Å². The number of nitrogen functional groups attached to an aromatic ring is 2. The first kappa shape index (κ1) is 22.7. The monoisotopic (exact) mass is 433 g/mol. The highest BCUT2D eigenvalue weighted by Gasteiger charge is 2.21. The van der Waals surface area contributed by atoms with Gasteiger partial charge in [0.1, 0.15) is 6.04 Å². The van der Waals surface area contributed by atoms with E-state index >= 15 is 0 Å². The number of nitrogens with one attached hydrogen (secondary N) is 4. The van der Waals surface area contributed by atoms with Crippen LogP contribution in [0.5, 0.6) is 0 Å². The highest BCUT2D eigenvalue weighted by Crippen LogP contribution is 2.13. The molecule has 0 unspecified atom stereocenters. The maximum atomic E-state index is 12.2. The fourth-order valence-electron chi connectivity index (χ4n) is 2.38. The van der Waals surface area contributed by atoms with Crippen molar-refractivity contribution in [2.45, 2.75) is 18.9 Å². The summed E-state index contributed by atoms with van der Waals surface area (Å²) in [6, 6.07) is 3.15. The Morgan fingerprint density at radius 1 is 1.06 bits per heavy atom. The zero-order chi connectivity index (χ0) is 23.1. The van der Waals surface area contributed by atoms with Crippen molar-refractivity contribution in [3.63, 3.8) is 0 Å². The van der Waals surface area contributed by atoms with Crippen molar-refractivity contribution in [1.82, 2.24) is 15.3 Å². The summed E-state index contributed by atoms with van der Waals surface area (Å²) in [5, 5.41) is 24.6. The number of H-pyrrole nitrogens is 1. The highest BCUT2D eigenvalue weighted by molar-refractivity contribution is 6.02. The van der Waals surface area contributed by atoms with Gasteiger partial charge in [-0.15, -0.1) is 0 Å². The van der Waals surface area contributed by atoms with E-state index in [4.69, 9.17) is 21.7 Å². The second kappa shape index (κ2) is 9.73. The Hall–Kier alpha value is -4.62. The van der Waals surface area contributed by atoms with Crippen LogP contribution < -0.4 is 33.0 Å². The minimum atomic E-state index is -1.37. The lowest BCUT2D eigenvalue weighted by Gasteiger charge is -2.14. The third kappa shape index (κ3) is 6.45. The van der Waals surface area contributed by atoms with E-state index in [1.165, 1.54) is 24.3 Å². The molecule has 1 atom stereocenters. The highest BCUT2D eigenvalue weighted by atomic mass is 16.4. The molecule has 0 spiro atoms. The number of amides is 3. The fraction of sp³-hybridized carbons (Fsp3) is 0.176. The molecule has 0 radical (unpaired) electrons. The van der Waals surface area contributed by atoms with E-state index in [0.29, 0.717) is 0 Å². The molecule has 3 amide bonds. The molecule has 0 fully saturated rings. The van der Waals surface area contributed by atoms with Crippen LogP contribution in [-0.4, -0.2) is 50.1 Å². The van der Waals surface area contributed by atoms with E-state index in [0.717, 1.165) is 0 Å². The number of carboxylic acid groups (broad SMARTS) is 2. The summed E-state index contributed by atoms with van der Waals surface area (Å²) in [5.41, 5.74) is 10.1. The Balaban J connectivity index is 2.00. The van der Waals surface area contributed by atoms with Gasteiger partial charge in [-0.2, -0.15) is 4.98 Å². The second-order valence-corrected chi connectivity index (χ2v) is 6.16. The molecule has 14 heteroatoms. The molecule has 0 saturated carbocycles. The van der Waals surface area contributed by atoms with E-state index in [2.05, 4.69) is 25.9 Å². The van der Waals surface area contributed by atoms with E-state index in [9.17, 15) is 24.0 Å². The van der Waals surface area contributed by atoms with Crippen LogP contribution in [0, 0.1) is 0 Å². The number of anilines is 4. The number of nitrogens with two attached hydrogens (primary N) is 2. The number of aromatic amines is 1. The second-order valence-electron chi connectivity index (χ2n) is 6.16. The van der Waals surface area contributed by atoms with Crippen LogP contribution in [0.4, 0.5) is 27.9 Å². The number of urea groups is 1. The summed E-state index contributed by atoms with van der Waals surface area (Å²) in [6.07, 6.45) is -0.704. The average molecular weight is 433 g/mol. The number of hydrogen-bond acceptors (Lipinski definition) is 8. The minimum Gasteiger partial charge on any atom is -0.481 e. The van der Waals surface area contributed by atoms with E-state index in [1.807, 2.05) is 0 Å². The average Bonchev–Trinajstić information content (AvgIpc) is 2.68. The Morgan fingerprint density at radius 3 is 2.26 bits per heavy atom. The molecule has 31 heavy (non-hydrogen) atoms. The molecule has 2 rings (SSSR count). The number of aromatic nitrogens is 2. The number of carbonyl (C=O) groups excluding carboxylic acids is 2. The number of nitrogens with zero attached hydrogens (tertiary/aromatic N) is 1. The number of rotatable bonds is 8. The Labute approximate surface area is 173 Å². The molecule has 14 nitrogen and oxygen atoms in total. The van der Waals surface area contributed by atoms with Crippen LogP contribution in [0.2, 0.25) is 0 Å². The number of carbonyl (C=O) groups is 4. The van der Waals surface area contributed by atoms with Crippen molar-refractivity contribution in [1.29, 1.82) is 0 Å². The number of benzene rings is 1. The molecule has 1 aromatic heterocycles. The molecule has 1 aromatic carbocycles. The first-order valence-electron chi connectivity index (χ1n) is 8.65. The summed E-state index contributed by atoms with van der Waals surface area (Å²) < 4.78 is 0. The standard InChI is InChI=1S/C17H19N7O7/c18-12-11(14(28)24-16(19)23-12)22-17(31)20-8-3-1-7(2-4-8)13(27)21-9(15(29)30)5-6-10(25)26/h1-4,9H,5-6H2,(H,21,27)(H,25,26)(H,29,30)(H2,20,22,31)(H5,18,19,23,24,28)/t9-/m0/s1. The molecule has 10 N–H and O–H groups in total. The van der Waals surface area contributed by atoms with Crippen LogP contribution in [-0.2, 0) is 9.59 Å². The minimum absolute atomic E-state index is 0.0796.